The van der Waals surface area contributed by atoms with E-state index in [2.05, 4.69) is 62.5 Å². The number of anilines is 3. The molecule has 5 N–H and O–H groups in total. The van der Waals surface area contributed by atoms with Gasteiger partial charge < -0.3 is 54.7 Å². The number of nitrogens with one attached hydrogen (secondary N) is 1. The number of thiazole rings is 1. The van der Waals surface area contributed by atoms with E-state index in [-0.39, 0.29) is 72.9 Å². The zero-order valence-corrected chi connectivity index (χ0v) is 44.8. The van der Waals surface area contributed by atoms with Crippen molar-refractivity contribution in [3.8, 4) is 39.3 Å². The van der Waals surface area contributed by atoms with Crippen molar-refractivity contribution in [2.24, 2.45) is 5.92 Å². The first kappa shape index (κ1) is 52.1. The van der Waals surface area contributed by atoms with Crippen LogP contribution in [0.5, 0.6) is 17.5 Å². The van der Waals surface area contributed by atoms with Crippen LogP contribution in [0.2, 0.25) is 0 Å². The number of fused-ring (bicyclic) bond motifs is 2. The van der Waals surface area contributed by atoms with E-state index in [0.717, 1.165) is 97.9 Å². The van der Waals surface area contributed by atoms with Crippen LogP contribution in [-0.4, -0.2) is 151 Å². The number of rotatable bonds is 18. The maximum Gasteiger partial charge on any atom is 0.254 e. The number of nitrogens with two attached hydrogens (primary N) is 1. The van der Waals surface area contributed by atoms with Gasteiger partial charge >= 0.3 is 0 Å². The average molecular weight is 1070 g/mol. The minimum absolute atomic E-state index is 0.0405. The third-order valence-electron chi connectivity index (χ3n) is 16.0. The third kappa shape index (κ3) is 11.4. The Bertz CT molecular complexity index is 3000. The lowest BCUT2D eigenvalue weighted by Gasteiger charge is -2.43. The van der Waals surface area contributed by atoms with Crippen LogP contribution in [0.4, 0.5) is 17.2 Å². The fourth-order valence-corrected chi connectivity index (χ4v) is 12.6. The van der Waals surface area contributed by atoms with E-state index in [1.807, 2.05) is 64.2 Å². The number of aromatic nitrogens is 6. The van der Waals surface area contributed by atoms with Crippen LogP contribution < -0.4 is 30.3 Å². The van der Waals surface area contributed by atoms with Gasteiger partial charge in [0.1, 0.15) is 30.4 Å². The highest BCUT2D eigenvalue weighted by Gasteiger charge is 2.45. The molecule has 5 aromatic heterocycles. The predicted octanol–water partition coefficient (Wildman–Crippen LogP) is 6.55. The maximum absolute atomic E-state index is 14.2. The van der Waals surface area contributed by atoms with Crippen molar-refractivity contribution in [1.29, 1.82) is 0 Å². The Morgan fingerprint density at radius 1 is 0.883 bits per heavy atom. The predicted molar refractivity (Wildman–Crippen MR) is 290 cm³/mol. The number of aryl methyl sites for hydroxylation is 1. The molecule has 1 saturated carbocycles. The van der Waals surface area contributed by atoms with Gasteiger partial charge in [-0.2, -0.15) is 0 Å². The molecule has 5 aliphatic rings. The van der Waals surface area contributed by atoms with Crippen LogP contribution in [0.3, 0.4) is 0 Å². The Balaban J connectivity index is 0.601. The molecule has 11 rings (SSSR count). The number of benzene rings is 1. The number of pyridine rings is 2. The Morgan fingerprint density at radius 3 is 2.40 bits per heavy atom. The number of aliphatic hydroxyl groups excluding tert-OH is 1. The number of carbonyl (C=O) groups is 2. The lowest BCUT2D eigenvalue weighted by atomic mass is 9.91. The third-order valence-corrected chi connectivity index (χ3v) is 16.9. The summed E-state index contributed by atoms with van der Waals surface area (Å²) in [5.41, 5.74) is 13.9. The number of aliphatic hydroxyl groups is 1. The maximum atomic E-state index is 14.2. The highest BCUT2D eigenvalue weighted by atomic mass is 32.1. The van der Waals surface area contributed by atoms with Gasteiger partial charge in [-0.15, -0.1) is 21.5 Å². The first-order chi connectivity index (χ1) is 37.3. The standard InChI is InChI=1S/C56H68N12O8S/c1-32(2)52(56(72)67-30-39(69)22-47(67)55(71)61-33(3)35-9-12-44(59-27-35)53-34(4)60-31-77-53)49-26-51(64-76-49)73-20-19-65-17-14-40(15-18-65)74-41-23-42(24-41)75-50-21-36(13-16-58-50)68-37-10-11-38(68)29-66(28-37)46-25-45(62-63-54(46)57)43-7-5-6-8-48(43)70/h5-9,12-13,16,21,25-27,31-33,37-42,47,52,69-70H,10-11,14-15,17-20,22-24,28-30H2,1-4H3,(H2,57,63)(H,61,71)/t33-,37?,38?,39-,41-,42-,47+,52?/m0/s1. The monoisotopic (exact) mass is 1070 g/mol. The van der Waals surface area contributed by atoms with E-state index in [4.69, 9.17) is 24.5 Å². The average Bonchev–Trinajstić information content (AvgIpc) is 4.22. The van der Waals surface area contributed by atoms with E-state index in [9.17, 15) is 19.8 Å². The van der Waals surface area contributed by atoms with Crippen molar-refractivity contribution in [3.05, 3.63) is 95.6 Å². The van der Waals surface area contributed by atoms with Gasteiger partial charge in [0.2, 0.25) is 17.7 Å². The van der Waals surface area contributed by atoms with Crippen LogP contribution in [0.25, 0.3) is 21.8 Å². The fourth-order valence-electron chi connectivity index (χ4n) is 11.8. The number of para-hydroxylation sites is 1. The Morgan fingerprint density at radius 2 is 1.68 bits per heavy atom. The number of β-amino-alcohol motifs (C(OH)–C–C–N with tert-alkyl or cyclic N) is 1. The molecule has 4 saturated heterocycles. The molecule has 3 unspecified atom stereocenters. The summed E-state index contributed by atoms with van der Waals surface area (Å²) in [4.78, 5) is 51.1. The molecule has 1 aliphatic carbocycles. The number of phenolic OH excluding ortho intramolecular Hbond substituents is 1. The van der Waals surface area contributed by atoms with Gasteiger partial charge in [-0.25, -0.2) is 9.97 Å². The molecule has 4 aliphatic heterocycles. The summed E-state index contributed by atoms with van der Waals surface area (Å²) in [5.74, 6) is 0.263. The summed E-state index contributed by atoms with van der Waals surface area (Å²) < 4.78 is 24.7. The Hall–Kier alpha value is -6.94. The van der Waals surface area contributed by atoms with Crippen LogP contribution in [0, 0.1) is 12.8 Å². The molecule has 2 amide bonds. The SMILES string of the molecule is Cc1ncsc1-c1ccc([C@H](C)NC(=O)[C@H]2C[C@H](O)CN2C(=O)C(c2cc(OCCN3CCC(O[C@H]4C[C@H](Oc5cc(N6C7CCC6CN(c6cc(-c8ccccc8O)nnc6N)C7)ccn5)C4)CC3)no2)C(C)C)cn1. The summed E-state index contributed by atoms with van der Waals surface area (Å²) in [7, 11) is 0. The minimum Gasteiger partial charge on any atom is -0.507 e. The van der Waals surface area contributed by atoms with Crippen LogP contribution in [0.15, 0.2) is 83.1 Å². The second-order valence-electron chi connectivity index (χ2n) is 21.6. The fraction of sp³-hybridized carbons (Fsp3) is 0.500. The number of piperidine rings is 1. The molecular weight excluding hydrogens is 1000 g/mol. The lowest BCUT2D eigenvalue weighted by molar-refractivity contribution is -0.141. The molecule has 0 radical (unpaired) electrons. The Labute approximate surface area is 451 Å². The van der Waals surface area contributed by atoms with Crippen molar-refractivity contribution < 1.29 is 38.5 Å². The molecule has 5 fully saturated rings. The van der Waals surface area contributed by atoms with Crippen molar-refractivity contribution in [2.75, 3.05) is 61.4 Å². The molecule has 406 valence electrons. The molecular formula is C56H68N12O8S. The number of likely N-dealkylation sites (tertiary alicyclic amines) is 2. The summed E-state index contributed by atoms with van der Waals surface area (Å²) in [5, 5.41) is 36.9. The molecule has 1 aromatic carbocycles. The lowest BCUT2D eigenvalue weighted by Crippen LogP contribution is -2.54. The van der Waals surface area contributed by atoms with Gasteiger partial charge in [-0.3, -0.25) is 19.5 Å². The molecule has 20 nitrogen and oxygen atoms in total. The number of aromatic hydroxyl groups is 1. The molecule has 77 heavy (non-hydrogen) atoms. The molecule has 21 heteroatoms. The van der Waals surface area contributed by atoms with Crippen LogP contribution in [0.1, 0.15) is 94.7 Å². The Kier molecular flexibility index (Phi) is 15.3. The zero-order chi connectivity index (χ0) is 53.3. The highest BCUT2D eigenvalue weighted by Crippen LogP contribution is 2.41. The number of hydrogen-bond acceptors (Lipinski definition) is 19. The van der Waals surface area contributed by atoms with Gasteiger partial charge in [0.15, 0.2) is 11.6 Å². The van der Waals surface area contributed by atoms with Gasteiger partial charge in [0.25, 0.3) is 5.88 Å². The second kappa shape index (κ2) is 22.6. The molecule has 6 atom stereocenters. The first-order valence-electron chi connectivity index (χ1n) is 27.0. The molecule has 9 heterocycles. The largest absolute Gasteiger partial charge is 0.507 e. The summed E-state index contributed by atoms with van der Waals surface area (Å²) in [6.45, 7) is 12.2. The number of amides is 2. The second-order valence-corrected chi connectivity index (χ2v) is 22.4. The van der Waals surface area contributed by atoms with Crippen LogP contribution in [-0.2, 0) is 14.3 Å². The topological polar surface area (TPSA) is 244 Å². The van der Waals surface area contributed by atoms with Crippen molar-refractivity contribution in [1.82, 2.24) is 45.4 Å². The van der Waals surface area contributed by atoms with Crippen LogP contribution >= 0.6 is 11.3 Å². The molecule has 2 bridgehead atoms. The van der Waals surface area contributed by atoms with E-state index in [1.54, 1.807) is 29.9 Å². The van der Waals surface area contributed by atoms with Crippen molar-refractivity contribution in [3.63, 3.8) is 0 Å². The number of piperazine rings is 1. The summed E-state index contributed by atoms with van der Waals surface area (Å²) >= 11 is 1.53. The van der Waals surface area contributed by atoms with Crippen molar-refractivity contribution in [2.45, 2.75) is 127 Å². The zero-order valence-electron chi connectivity index (χ0n) is 44.0. The number of nitrogens with zero attached hydrogens (tertiary/aromatic N) is 10. The quantitative estimate of drug-likeness (QED) is 0.0713. The normalized spacial score (nSPS) is 23.5. The smallest absolute Gasteiger partial charge is 0.254 e. The van der Waals surface area contributed by atoms with E-state index < -0.39 is 18.1 Å². The van der Waals surface area contributed by atoms with Gasteiger partial charge in [-0.1, -0.05) is 32.0 Å². The molecule has 0 spiro atoms. The minimum atomic E-state index is -0.850. The number of phenols is 1. The van der Waals surface area contributed by atoms with E-state index in [1.165, 1.54) is 16.2 Å². The van der Waals surface area contributed by atoms with Gasteiger partial charge in [0, 0.05) is 106 Å². The van der Waals surface area contributed by atoms with E-state index >= 15 is 0 Å². The van der Waals surface area contributed by atoms with Gasteiger partial charge in [-0.05, 0) is 86.5 Å². The van der Waals surface area contributed by atoms with E-state index in [0.29, 0.717) is 47.7 Å². The van der Waals surface area contributed by atoms with Gasteiger partial charge in [0.05, 0.1) is 57.5 Å². The first-order valence-corrected chi connectivity index (χ1v) is 27.9. The number of hydrogen-bond donors (Lipinski definition) is 4. The summed E-state index contributed by atoms with van der Waals surface area (Å²) in [6, 6.07) is 18.1. The number of ether oxygens (including phenoxy) is 3. The highest BCUT2D eigenvalue weighted by molar-refractivity contribution is 7.13. The van der Waals surface area contributed by atoms with Crippen molar-refractivity contribution >= 4 is 40.3 Å². The summed E-state index contributed by atoms with van der Waals surface area (Å²) in [6.07, 6.45) is 8.92. The number of nitrogen functional groups attached to an aromatic ring is 1. The molecule has 6 aromatic rings. The number of carbonyl (C=O) groups excluding carboxylic acids is 2.